The Balaban J connectivity index is 1.26. The van der Waals surface area contributed by atoms with Crippen molar-refractivity contribution in [1.29, 1.82) is 0 Å². The summed E-state index contributed by atoms with van der Waals surface area (Å²) in [6, 6.07) is 6.91. The minimum absolute atomic E-state index is 0.0370. The number of hydrogen-bond donors (Lipinski definition) is 0. The number of aromatic nitrogens is 2. The summed E-state index contributed by atoms with van der Waals surface area (Å²) in [7, 11) is -3.05. The first-order chi connectivity index (χ1) is 13.5. The molecule has 4 heterocycles. The molecule has 0 aliphatic carbocycles. The zero-order valence-corrected chi connectivity index (χ0v) is 16.8. The molecule has 0 spiro atoms. The van der Waals surface area contributed by atoms with Crippen LogP contribution in [0.1, 0.15) is 35.3 Å². The van der Waals surface area contributed by atoms with Crippen LogP contribution in [0.2, 0.25) is 0 Å². The fourth-order valence-electron chi connectivity index (χ4n) is 4.29. The van der Waals surface area contributed by atoms with Crippen molar-refractivity contribution in [3.8, 4) is 5.75 Å². The molecule has 0 N–H and O–H groups in total. The number of anilines is 1. The molecule has 1 saturated heterocycles. The highest BCUT2D eigenvalue weighted by Gasteiger charge is 2.29. The number of piperazine rings is 1. The van der Waals surface area contributed by atoms with E-state index in [4.69, 9.17) is 4.74 Å². The fourth-order valence-corrected chi connectivity index (χ4v) is 5.77. The van der Waals surface area contributed by atoms with Crippen molar-refractivity contribution in [1.82, 2.24) is 14.9 Å². The van der Waals surface area contributed by atoms with E-state index in [0.29, 0.717) is 17.7 Å². The Bertz CT molecular complexity index is 1020. The third-order valence-electron chi connectivity index (χ3n) is 6.02. The van der Waals surface area contributed by atoms with Crippen molar-refractivity contribution in [2.45, 2.75) is 30.9 Å². The Morgan fingerprint density at radius 2 is 1.93 bits per heavy atom. The lowest BCUT2D eigenvalue weighted by Crippen LogP contribution is -2.47. The summed E-state index contributed by atoms with van der Waals surface area (Å²) in [5.74, 6) is 1.78. The van der Waals surface area contributed by atoms with Gasteiger partial charge in [-0.25, -0.2) is 18.4 Å². The molecule has 3 aliphatic heterocycles. The van der Waals surface area contributed by atoms with Gasteiger partial charge in [-0.05, 0) is 24.1 Å². The minimum Gasteiger partial charge on any atom is -0.493 e. The molecular weight excluding hydrogens is 376 g/mol. The molecule has 0 radical (unpaired) electrons. The summed E-state index contributed by atoms with van der Waals surface area (Å²) in [5.41, 5.74) is 4.00. The van der Waals surface area contributed by atoms with Gasteiger partial charge in [0.2, 0.25) is 5.95 Å². The predicted molar refractivity (Wildman–Crippen MR) is 106 cm³/mol. The van der Waals surface area contributed by atoms with Crippen molar-refractivity contribution >= 4 is 15.8 Å². The van der Waals surface area contributed by atoms with Crippen LogP contribution in [-0.4, -0.2) is 56.1 Å². The lowest BCUT2D eigenvalue weighted by Gasteiger charge is -2.38. The van der Waals surface area contributed by atoms with Crippen LogP contribution in [-0.2, 0) is 27.8 Å². The van der Waals surface area contributed by atoms with Crippen LogP contribution in [0.15, 0.2) is 24.4 Å². The average Bonchev–Trinajstić information content (AvgIpc) is 3.28. The third-order valence-corrected chi connectivity index (χ3v) is 7.49. The summed E-state index contributed by atoms with van der Waals surface area (Å²) >= 11 is 0. The van der Waals surface area contributed by atoms with Gasteiger partial charge in [-0.1, -0.05) is 12.1 Å². The van der Waals surface area contributed by atoms with E-state index in [0.717, 1.165) is 50.5 Å². The molecule has 1 aromatic carbocycles. The van der Waals surface area contributed by atoms with Crippen molar-refractivity contribution in [2.75, 3.05) is 37.7 Å². The molecule has 0 saturated carbocycles. The second kappa shape index (κ2) is 6.70. The van der Waals surface area contributed by atoms with Gasteiger partial charge in [-0.15, -0.1) is 0 Å². The topological polar surface area (TPSA) is 75.6 Å². The Hall–Kier alpha value is -2.19. The number of sulfone groups is 1. The largest absolute Gasteiger partial charge is 0.493 e. The molecule has 7 nitrogen and oxygen atoms in total. The number of benzene rings is 1. The highest BCUT2D eigenvalue weighted by Crippen LogP contribution is 2.31. The quantitative estimate of drug-likeness (QED) is 0.777. The highest BCUT2D eigenvalue weighted by molar-refractivity contribution is 7.90. The second-order valence-electron chi connectivity index (χ2n) is 7.84. The predicted octanol–water partition coefficient (Wildman–Crippen LogP) is 1.72. The zero-order valence-electron chi connectivity index (χ0n) is 16.0. The van der Waals surface area contributed by atoms with E-state index < -0.39 is 9.84 Å². The van der Waals surface area contributed by atoms with Crippen molar-refractivity contribution in [3.05, 3.63) is 46.8 Å². The Kier molecular flexibility index (Phi) is 4.28. The molecule has 28 heavy (non-hydrogen) atoms. The van der Waals surface area contributed by atoms with Gasteiger partial charge in [0.15, 0.2) is 9.84 Å². The molecule has 0 unspecified atom stereocenters. The van der Waals surface area contributed by atoms with Crippen LogP contribution in [0.5, 0.6) is 5.75 Å². The van der Waals surface area contributed by atoms with Crippen LogP contribution in [0.4, 0.5) is 5.95 Å². The molecule has 3 aliphatic rings. The summed E-state index contributed by atoms with van der Waals surface area (Å²) in [6.45, 7) is 6.52. The van der Waals surface area contributed by atoms with Crippen LogP contribution in [0.3, 0.4) is 0 Å². The SMILES string of the molecule is C[C@@H](c1ccc2c(c1)OCC2)N1CCN(c2ncc3c(n2)CS(=O)(=O)C3)CC1. The molecule has 2 aromatic rings. The number of nitrogens with zero attached hydrogens (tertiary/aromatic N) is 4. The fraction of sp³-hybridized carbons (Fsp3) is 0.500. The first-order valence-corrected chi connectivity index (χ1v) is 11.6. The van der Waals surface area contributed by atoms with Gasteiger partial charge in [-0.2, -0.15) is 0 Å². The Morgan fingerprint density at radius 1 is 1.11 bits per heavy atom. The van der Waals surface area contributed by atoms with Crippen molar-refractivity contribution in [3.63, 3.8) is 0 Å². The van der Waals surface area contributed by atoms with E-state index in [1.807, 2.05) is 0 Å². The monoisotopic (exact) mass is 400 g/mol. The molecule has 1 atom stereocenters. The minimum atomic E-state index is -3.05. The van der Waals surface area contributed by atoms with Gasteiger partial charge < -0.3 is 9.64 Å². The van der Waals surface area contributed by atoms with Gasteiger partial charge in [0.05, 0.1) is 23.8 Å². The molecule has 148 valence electrons. The molecule has 1 aromatic heterocycles. The van der Waals surface area contributed by atoms with Crippen LogP contribution < -0.4 is 9.64 Å². The van der Waals surface area contributed by atoms with Gasteiger partial charge in [0.25, 0.3) is 0 Å². The van der Waals surface area contributed by atoms with Crippen LogP contribution in [0, 0.1) is 0 Å². The molecule has 1 fully saturated rings. The summed E-state index contributed by atoms with van der Waals surface area (Å²) in [4.78, 5) is 13.6. The summed E-state index contributed by atoms with van der Waals surface area (Å²) in [6.07, 6.45) is 2.69. The van der Waals surface area contributed by atoms with E-state index in [-0.39, 0.29) is 11.5 Å². The third kappa shape index (κ3) is 3.24. The number of fused-ring (bicyclic) bond motifs is 2. The van der Waals surface area contributed by atoms with Gasteiger partial charge in [0, 0.05) is 50.4 Å². The average molecular weight is 401 g/mol. The summed E-state index contributed by atoms with van der Waals surface area (Å²) in [5, 5.41) is 0. The van der Waals surface area contributed by atoms with Crippen LogP contribution in [0.25, 0.3) is 0 Å². The molecule has 0 bridgehead atoms. The molecule has 5 rings (SSSR count). The van der Waals surface area contributed by atoms with E-state index in [1.54, 1.807) is 6.20 Å². The zero-order chi connectivity index (χ0) is 19.3. The number of rotatable bonds is 3. The first-order valence-electron chi connectivity index (χ1n) is 9.78. The van der Waals surface area contributed by atoms with Gasteiger partial charge >= 0.3 is 0 Å². The smallest absolute Gasteiger partial charge is 0.225 e. The second-order valence-corrected chi connectivity index (χ2v) is 9.90. The molecule has 8 heteroatoms. The molecule has 0 amide bonds. The lowest BCUT2D eigenvalue weighted by atomic mass is 10.0. The summed E-state index contributed by atoms with van der Waals surface area (Å²) < 4.78 is 29.3. The van der Waals surface area contributed by atoms with Crippen molar-refractivity contribution in [2.24, 2.45) is 0 Å². The Morgan fingerprint density at radius 3 is 2.75 bits per heavy atom. The normalized spacial score (nSPS) is 21.8. The van der Waals surface area contributed by atoms with Crippen molar-refractivity contribution < 1.29 is 13.2 Å². The van der Waals surface area contributed by atoms with E-state index in [2.05, 4.69) is 44.9 Å². The van der Waals surface area contributed by atoms with Crippen LogP contribution >= 0.6 is 0 Å². The lowest BCUT2D eigenvalue weighted by molar-refractivity contribution is 0.197. The maximum Gasteiger partial charge on any atom is 0.225 e. The maximum absolute atomic E-state index is 11.8. The van der Waals surface area contributed by atoms with E-state index >= 15 is 0 Å². The standard InChI is InChI=1S/C20H24N4O3S/c1-14(16-3-2-15-4-9-27-19(15)10-16)23-5-7-24(8-6-23)20-21-11-17-12-28(25,26)13-18(17)22-20/h2-3,10-11,14H,4-9,12-13H2,1H3/t14-/m0/s1. The van der Waals surface area contributed by atoms with E-state index in [9.17, 15) is 8.42 Å². The van der Waals surface area contributed by atoms with E-state index in [1.165, 1.54) is 11.1 Å². The highest BCUT2D eigenvalue weighted by atomic mass is 32.2. The number of hydrogen-bond acceptors (Lipinski definition) is 7. The van der Waals surface area contributed by atoms with Gasteiger partial charge in [-0.3, -0.25) is 4.90 Å². The number of ether oxygens (including phenoxy) is 1. The van der Waals surface area contributed by atoms with Gasteiger partial charge in [0.1, 0.15) is 5.75 Å². The maximum atomic E-state index is 11.8. The first kappa shape index (κ1) is 17.9. The Labute approximate surface area is 165 Å². The molecular formula is C20H24N4O3S.